The molecule has 3 aliphatic carbocycles. The van der Waals surface area contributed by atoms with Crippen LogP contribution in [0.4, 0.5) is 4.39 Å². The third-order valence-electron chi connectivity index (χ3n) is 5.85. The van der Waals surface area contributed by atoms with Gasteiger partial charge in [0.2, 0.25) is 5.88 Å². The molecule has 10 heteroatoms. The van der Waals surface area contributed by atoms with Crippen molar-refractivity contribution in [2.45, 2.75) is 31.3 Å². The van der Waals surface area contributed by atoms with E-state index in [0.717, 1.165) is 18.9 Å². The van der Waals surface area contributed by atoms with Crippen molar-refractivity contribution in [1.29, 1.82) is 0 Å². The smallest absolute Gasteiger partial charge is 0.271 e. The molecule has 2 N–H and O–H groups in total. The van der Waals surface area contributed by atoms with Crippen molar-refractivity contribution in [1.82, 2.24) is 20.6 Å². The number of amides is 2. The Morgan fingerprint density at radius 2 is 1.87 bits per heavy atom. The van der Waals surface area contributed by atoms with E-state index in [-0.39, 0.29) is 47.0 Å². The largest absolute Gasteiger partial charge is 0.484 e. The molecule has 3 saturated carbocycles. The van der Waals surface area contributed by atoms with E-state index in [9.17, 15) is 14.0 Å². The van der Waals surface area contributed by atoms with Gasteiger partial charge in [0.15, 0.2) is 6.61 Å². The minimum atomic E-state index is -0.604. The third kappa shape index (κ3) is 4.87. The summed E-state index contributed by atoms with van der Waals surface area (Å²) in [4.78, 5) is 32.9. The predicted octanol–water partition coefficient (Wildman–Crippen LogP) is 2.37. The van der Waals surface area contributed by atoms with Crippen LogP contribution in [0.2, 0.25) is 5.02 Å². The Labute approximate surface area is 183 Å². The van der Waals surface area contributed by atoms with E-state index >= 15 is 0 Å². The maximum absolute atomic E-state index is 13.5. The minimum Gasteiger partial charge on any atom is -0.484 e. The van der Waals surface area contributed by atoms with Gasteiger partial charge < -0.3 is 20.1 Å². The molecule has 2 atom stereocenters. The van der Waals surface area contributed by atoms with Crippen molar-refractivity contribution in [3.63, 3.8) is 0 Å². The fraction of sp³-hybridized carbons (Fsp3) is 0.429. The van der Waals surface area contributed by atoms with Gasteiger partial charge in [-0.3, -0.25) is 9.59 Å². The third-order valence-corrected chi connectivity index (χ3v) is 6.16. The summed E-state index contributed by atoms with van der Waals surface area (Å²) in [6.45, 7) is -0.230. The van der Waals surface area contributed by atoms with Crippen LogP contribution in [0.5, 0.6) is 11.6 Å². The summed E-state index contributed by atoms with van der Waals surface area (Å²) in [5.41, 5.74) is 0.214. The van der Waals surface area contributed by atoms with E-state index in [0.29, 0.717) is 24.1 Å². The second kappa shape index (κ2) is 9.05. The highest BCUT2D eigenvalue weighted by atomic mass is 35.5. The highest BCUT2D eigenvalue weighted by Crippen LogP contribution is 2.45. The van der Waals surface area contributed by atoms with Gasteiger partial charge in [-0.1, -0.05) is 11.6 Å². The van der Waals surface area contributed by atoms with Crippen molar-refractivity contribution in [3.8, 4) is 11.6 Å². The molecule has 2 aromatic rings. The van der Waals surface area contributed by atoms with Crippen LogP contribution in [0.1, 0.15) is 29.8 Å². The number of ether oxygens (including phenoxy) is 2. The quantitative estimate of drug-likeness (QED) is 0.674. The van der Waals surface area contributed by atoms with Crippen molar-refractivity contribution >= 4 is 23.4 Å². The number of aromatic nitrogens is 2. The number of hydrogen-bond acceptors (Lipinski definition) is 6. The van der Waals surface area contributed by atoms with Crippen LogP contribution in [0.15, 0.2) is 30.6 Å². The number of carbonyl (C=O) groups is 2. The van der Waals surface area contributed by atoms with Gasteiger partial charge in [0.25, 0.3) is 11.8 Å². The average molecular weight is 449 g/mol. The van der Waals surface area contributed by atoms with Crippen LogP contribution in [-0.4, -0.2) is 47.6 Å². The van der Waals surface area contributed by atoms with Crippen molar-refractivity contribution in [2.24, 2.45) is 11.8 Å². The molecular weight excluding hydrogens is 427 g/mol. The topological polar surface area (TPSA) is 102 Å². The van der Waals surface area contributed by atoms with Gasteiger partial charge in [-0.15, -0.1) is 0 Å². The normalized spacial score (nSPS) is 24.0. The summed E-state index contributed by atoms with van der Waals surface area (Å²) in [7, 11) is 1.48. The Bertz CT molecular complexity index is 968. The van der Waals surface area contributed by atoms with E-state index in [1.807, 2.05) is 0 Å². The number of methoxy groups -OCH3 is 1. The molecule has 3 aliphatic rings. The second-order valence-electron chi connectivity index (χ2n) is 7.79. The number of nitrogens with one attached hydrogen (secondary N) is 2. The molecule has 31 heavy (non-hydrogen) atoms. The van der Waals surface area contributed by atoms with E-state index in [1.54, 1.807) is 0 Å². The molecule has 2 bridgehead atoms. The zero-order chi connectivity index (χ0) is 22.0. The van der Waals surface area contributed by atoms with Crippen molar-refractivity contribution in [3.05, 3.63) is 47.1 Å². The maximum atomic E-state index is 13.5. The second-order valence-corrected chi connectivity index (χ2v) is 8.20. The maximum Gasteiger partial charge on any atom is 0.271 e. The molecule has 1 aromatic heterocycles. The fourth-order valence-electron chi connectivity index (χ4n) is 4.12. The van der Waals surface area contributed by atoms with E-state index < -0.39 is 5.82 Å². The van der Waals surface area contributed by atoms with Crippen LogP contribution in [0.3, 0.4) is 0 Å². The van der Waals surface area contributed by atoms with Crippen LogP contribution in [0.25, 0.3) is 0 Å². The lowest BCUT2D eigenvalue weighted by Gasteiger charge is -2.51. The molecule has 1 heterocycles. The summed E-state index contributed by atoms with van der Waals surface area (Å²) in [6.07, 6.45) is 5.27. The lowest BCUT2D eigenvalue weighted by molar-refractivity contribution is -0.125. The Balaban J connectivity index is 1.29. The summed E-state index contributed by atoms with van der Waals surface area (Å²) in [5.74, 6) is 0.142. The Morgan fingerprint density at radius 1 is 1.13 bits per heavy atom. The minimum absolute atomic E-state index is 0.00717. The molecule has 0 saturated heterocycles. The Kier molecular flexibility index (Phi) is 6.22. The number of benzene rings is 1. The standard InChI is InChI=1S/C21H22ClFN4O4/c1-30-20-9-24-18(8-25-20)21(29)27-17-7-16(11-4-12(17)5-11)26-19(28)10-31-13-2-3-14(22)15(23)6-13/h2-3,6,8-9,11-12,16-17H,4-5,7,10H2,1H3,(H,26,28)(H,27,29). The molecule has 2 unspecified atom stereocenters. The highest BCUT2D eigenvalue weighted by Gasteiger charge is 2.47. The van der Waals surface area contributed by atoms with Gasteiger partial charge in [-0.05, 0) is 43.2 Å². The molecule has 0 spiro atoms. The van der Waals surface area contributed by atoms with E-state index in [2.05, 4.69) is 20.6 Å². The number of hydrogen-bond donors (Lipinski definition) is 2. The number of rotatable bonds is 7. The van der Waals surface area contributed by atoms with Gasteiger partial charge >= 0.3 is 0 Å². The molecule has 0 radical (unpaired) electrons. The first-order valence-corrected chi connectivity index (χ1v) is 10.3. The number of fused-ring (bicyclic) bond motifs is 2. The predicted molar refractivity (Wildman–Crippen MR) is 110 cm³/mol. The highest BCUT2D eigenvalue weighted by molar-refractivity contribution is 6.30. The summed E-state index contributed by atoms with van der Waals surface area (Å²) in [6, 6.07) is 3.90. The van der Waals surface area contributed by atoms with E-state index in [1.165, 1.54) is 31.6 Å². The van der Waals surface area contributed by atoms with Crippen molar-refractivity contribution in [2.75, 3.05) is 13.7 Å². The van der Waals surface area contributed by atoms with Crippen LogP contribution >= 0.6 is 11.6 Å². The monoisotopic (exact) mass is 448 g/mol. The molecule has 8 nitrogen and oxygen atoms in total. The Morgan fingerprint density at radius 3 is 2.52 bits per heavy atom. The van der Waals surface area contributed by atoms with Gasteiger partial charge in [0, 0.05) is 18.2 Å². The molecule has 164 valence electrons. The number of halogens is 2. The molecule has 5 rings (SSSR count). The molecular formula is C21H22ClFN4O4. The van der Waals surface area contributed by atoms with Crippen molar-refractivity contribution < 1.29 is 23.5 Å². The SMILES string of the molecule is COc1cnc(C(=O)NC2CC(NC(=O)COc3ccc(Cl)c(F)c3)C3CC2C3)cn1. The first-order chi connectivity index (χ1) is 14.9. The first kappa shape index (κ1) is 21.3. The number of carbonyl (C=O) groups excluding carboxylic acids is 2. The average Bonchev–Trinajstić information content (AvgIpc) is 2.73. The zero-order valence-electron chi connectivity index (χ0n) is 16.8. The molecule has 1 aromatic carbocycles. The molecule has 0 aliphatic heterocycles. The molecule has 2 amide bonds. The van der Waals surface area contributed by atoms with Gasteiger partial charge in [0.05, 0.1) is 24.5 Å². The lowest BCUT2D eigenvalue weighted by Crippen LogP contribution is -2.60. The lowest BCUT2D eigenvalue weighted by atomic mass is 9.60. The number of nitrogens with zero attached hydrogens (tertiary/aromatic N) is 2. The summed E-state index contributed by atoms with van der Waals surface area (Å²) in [5, 5.41) is 5.99. The fourth-order valence-corrected chi connectivity index (χ4v) is 4.24. The van der Waals surface area contributed by atoms with Gasteiger partial charge in [0.1, 0.15) is 17.3 Å². The first-order valence-electron chi connectivity index (χ1n) is 9.97. The Hall–Kier alpha value is -2.94. The van der Waals surface area contributed by atoms with Crippen LogP contribution in [0, 0.1) is 17.7 Å². The van der Waals surface area contributed by atoms with Gasteiger partial charge in [-0.2, -0.15) is 0 Å². The van der Waals surface area contributed by atoms with Crippen LogP contribution in [-0.2, 0) is 4.79 Å². The molecule has 3 fully saturated rings. The summed E-state index contributed by atoms with van der Waals surface area (Å²) < 4.78 is 23.8. The summed E-state index contributed by atoms with van der Waals surface area (Å²) >= 11 is 5.64. The zero-order valence-corrected chi connectivity index (χ0v) is 17.6. The van der Waals surface area contributed by atoms with Crippen LogP contribution < -0.4 is 20.1 Å². The van der Waals surface area contributed by atoms with E-state index in [4.69, 9.17) is 21.1 Å². The van der Waals surface area contributed by atoms with Gasteiger partial charge in [-0.25, -0.2) is 14.4 Å².